The molecule has 0 aliphatic heterocycles. The second kappa shape index (κ2) is 55.9. The molecule has 0 spiro atoms. The zero-order valence-electron chi connectivity index (χ0n) is 44.3. The number of amides is 1. The molecule has 0 fully saturated rings. The molecule has 0 saturated heterocycles. The van der Waals surface area contributed by atoms with E-state index in [1.165, 1.54) is 244 Å². The van der Waals surface area contributed by atoms with Gasteiger partial charge in [0.1, 0.15) is 6.10 Å². The van der Waals surface area contributed by atoms with Gasteiger partial charge in [0.15, 0.2) is 0 Å². The maximum atomic E-state index is 12.5. The fraction of sp³-hybridized carbons (Fsp3) is 0.852. The van der Waals surface area contributed by atoms with Gasteiger partial charge in [0.05, 0.1) is 18.8 Å². The lowest BCUT2D eigenvalue weighted by Gasteiger charge is -2.21. The van der Waals surface area contributed by atoms with Crippen LogP contribution in [0.25, 0.3) is 0 Å². The Bertz CT molecular complexity index is 1070. The van der Waals surface area contributed by atoms with Gasteiger partial charge in [-0.3, -0.25) is 4.79 Å². The van der Waals surface area contributed by atoms with E-state index in [1.54, 1.807) is 6.08 Å². The summed E-state index contributed by atoms with van der Waals surface area (Å²) >= 11 is 0. The summed E-state index contributed by atoms with van der Waals surface area (Å²) in [6, 6.07) is -0.816. The number of unbranched alkanes of at least 4 members (excludes halogenated alkanes) is 40. The number of hydrogen-bond acceptors (Lipinski definition) is 4. The van der Waals surface area contributed by atoms with Crippen molar-refractivity contribution in [3.63, 3.8) is 0 Å². The third-order valence-corrected chi connectivity index (χ3v) is 13.6. The van der Waals surface area contributed by atoms with Crippen molar-refractivity contribution in [2.75, 3.05) is 6.61 Å². The van der Waals surface area contributed by atoms with Gasteiger partial charge in [-0.25, -0.2) is 0 Å². The molecule has 388 valence electrons. The molecule has 0 aromatic rings. The average molecular weight is 927 g/mol. The molecule has 0 aliphatic rings. The monoisotopic (exact) mass is 926 g/mol. The molecule has 0 aliphatic carbocycles. The smallest absolute Gasteiger partial charge is 0.249 e. The Hall–Kier alpha value is -1.69. The van der Waals surface area contributed by atoms with E-state index in [1.807, 2.05) is 6.08 Å². The molecule has 1 amide bonds. The zero-order valence-corrected chi connectivity index (χ0v) is 44.3. The van der Waals surface area contributed by atoms with E-state index in [4.69, 9.17) is 0 Å². The van der Waals surface area contributed by atoms with Crippen LogP contribution in [-0.4, -0.2) is 46.1 Å². The molecule has 0 bridgehead atoms. The predicted molar refractivity (Wildman–Crippen MR) is 291 cm³/mol. The van der Waals surface area contributed by atoms with Gasteiger partial charge < -0.3 is 20.6 Å². The Balaban J connectivity index is 3.55. The van der Waals surface area contributed by atoms with E-state index >= 15 is 0 Å². The Morgan fingerprint density at radius 2 is 0.667 bits per heavy atom. The Labute approximate surface area is 412 Å². The summed E-state index contributed by atoms with van der Waals surface area (Å²) in [6.07, 6.45) is 74.9. The normalized spacial score (nSPS) is 13.6. The minimum Gasteiger partial charge on any atom is -0.394 e. The van der Waals surface area contributed by atoms with Gasteiger partial charge in [-0.05, 0) is 64.2 Å². The second-order valence-electron chi connectivity index (χ2n) is 20.2. The summed E-state index contributed by atoms with van der Waals surface area (Å²) in [7, 11) is 0. The molecule has 66 heavy (non-hydrogen) atoms. The molecule has 5 nitrogen and oxygen atoms in total. The summed E-state index contributed by atoms with van der Waals surface area (Å²) < 4.78 is 0. The first-order valence-corrected chi connectivity index (χ1v) is 29.5. The van der Waals surface area contributed by atoms with Crippen LogP contribution in [0, 0.1) is 0 Å². The van der Waals surface area contributed by atoms with Crippen molar-refractivity contribution in [3.05, 3.63) is 48.6 Å². The third kappa shape index (κ3) is 50.2. The first kappa shape index (κ1) is 64.3. The summed E-state index contributed by atoms with van der Waals surface area (Å²) in [4.78, 5) is 12.5. The van der Waals surface area contributed by atoms with Crippen molar-refractivity contribution in [1.29, 1.82) is 0 Å². The van der Waals surface area contributed by atoms with Crippen molar-refractivity contribution < 1.29 is 20.1 Å². The van der Waals surface area contributed by atoms with Crippen LogP contribution in [-0.2, 0) is 4.79 Å². The topological polar surface area (TPSA) is 89.8 Å². The molecule has 3 unspecified atom stereocenters. The predicted octanol–water partition coefficient (Wildman–Crippen LogP) is 18.4. The number of aliphatic hydroxyl groups excluding tert-OH is 3. The largest absolute Gasteiger partial charge is 0.394 e. The van der Waals surface area contributed by atoms with Crippen LogP contribution >= 0.6 is 0 Å². The van der Waals surface area contributed by atoms with E-state index in [0.29, 0.717) is 6.42 Å². The molecule has 3 atom stereocenters. The average Bonchev–Trinajstić information content (AvgIpc) is 3.32. The van der Waals surface area contributed by atoms with Gasteiger partial charge in [0, 0.05) is 0 Å². The summed E-state index contributed by atoms with van der Waals surface area (Å²) in [5.74, 6) is -0.510. The van der Waals surface area contributed by atoms with Crippen LogP contribution in [0.1, 0.15) is 309 Å². The standard InChI is InChI=1S/C61H115NO4/c1-3-5-7-9-11-13-15-17-19-21-23-24-25-26-27-28-29-30-31-32-33-34-35-36-37-38-40-42-44-46-48-50-52-54-56-60(65)61(66)62-58(57-63)59(64)55-53-51-49-47-45-43-41-39-22-20-18-16-14-12-10-8-6-4-2/h25-26,28-29,45,47,53,55,58-60,63-65H,3-24,27,30-44,46,48-52,54,56-57H2,1-2H3,(H,62,66)/b26-25-,29-28-,47-45+,55-53+. The van der Waals surface area contributed by atoms with E-state index < -0.39 is 24.2 Å². The minimum atomic E-state index is -1.11. The lowest BCUT2D eigenvalue weighted by molar-refractivity contribution is -0.131. The van der Waals surface area contributed by atoms with Gasteiger partial charge in [-0.1, -0.05) is 294 Å². The first-order chi connectivity index (χ1) is 32.6. The molecular formula is C61H115NO4. The van der Waals surface area contributed by atoms with Gasteiger partial charge >= 0.3 is 0 Å². The fourth-order valence-corrected chi connectivity index (χ4v) is 9.06. The van der Waals surface area contributed by atoms with Crippen LogP contribution in [0.5, 0.6) is 0 Å². The molecule has 0 radical (unpaired) electrons. The number of hydrogen-bond donors (Lipinski definition) is 4. The number of allylic oxidation sites excluding steroid dienone is 7. The molecule has 0 heterocycles. The van der Waals surface area contributed by atoms with E-state index in [-0.39, 0.29) is 6.61 Å². The Kier molecular flexibility index (Phi) is 54.5. The first-order valence-electron chi connectivity index (χ1n) is 29.5. The van der Waals surface area contributed by atoms with Crippen molar-refractivity contribution in [2.45, 2.75) is 327 Å². The van der Waals surface area contributed by atoms with Crippen LogP contribution in [0.15, 0.2) is 48.6 Å². The highest BCUT2D eigenvalue weighted by Crippen LogP contribution is 2.17. The van der Waals surface area contributed by atoms with Crippen LogP contribution in [0.3, 0.4) is 0 Å². The molecule has 0 aromatic heterocycles. The maximum absolute atomic E-state index is 12.5. The third-order valence-electron chi connectivity index (χ3n) is 13.6. The van der Waals surface area contributed by atoms with E-state index in [9.17, 15) is 20.1 Å². The number of aliphatic hydroxyl groups is 3. The summed E-state index contributed by atoms with van der Waals surface area (Å²) in [6.45, 7) is 4.20. The molecular weight excluding hydrogens is 811 g/mol. The van der Waals surface area contributed by atoms with Gasteiger partial charge in [0.2, 0.25) is 5.91 Å². The molecule has 5 heteroatoms. The second-order valence-corrected chi connectivity index (χ2v) is 20.2. The SMILES string of the molecule is CCCCCCCCCCCCC/C=C\C/C=C\CCCCCCCCCCCCCCCCCCC(O)C(=O)NC(CO)C(O)/C=C/CC/C=C/CCCCCCCCCCCCCC. The van der Waals surface area contributed by atoms with Crippen molar-refractivity contribution in [3.8, 4) is 0 Å². The lowest BCUT2D eigenvalue weighted by atomic mass is 10.0. The molecule has 0 saturated carbocycles. The Morgan fingerprint density at radius 1 is 0.379 bits per heavy atom. The summed E-state index contributed by atoms with van der Waals surface area (Å²) in [5, 5.41) is 33.3. The van der Waals surface area contributed by atoms with Crippen LogP contribution < -0.4 is 5.32 Å². The zero-order chi connectivity index (χ0) is 47.9. The van der Waals surface area contributed by atoms with Crippen molar-refractivity contribution in [1.82, 2.24) is 5.32 Å². The molecule has 0 rings (SSSR count). The van der Waals surface area contributed by atoms with Crippen LogP contribution in [0.2, 0.25) is 0 Å². The minimum absolute atomic E-state index is 0.375. The number of rotatable bonds is 54. The van der Waals surface area contributed by atoms with Gasteiger partial charge in [-0.15, -0.1) is 0 Å². The summed E-state index contributed by atoms with van der Waals surface area (Å²) in [5.41, 5.74) is 0. The number of carbonyl (C=O) groups is 1. The maximum Gasteiger partial charge on any atom is 0.249 e. The highest BCUT2D eigenvalue weighted by molar-refractivity contribution is 5.80. The van der Waals surface area contributed by atoms with Crippen molar-refractivity contribution in [2.24, 2.45) is 0 Å². The van der Waals surface area contributed by atoms with E-state index in [0.717, 1.165) is 44.9 Å². The van der Waals surface area contributed by atoms with E-state index in [2.05, 4.69) is 55.6 Å². The van der Waals surface area contributed by atoms with Gasteiger partial charge in [0.25, 0.3) is 0 Å². The lowest BCUT2D eigenvalue weighted by Crippen LogP contribution is -2.48. The quantitative estimate of drug-likeness (QED) is 0.0361. The Morgan fingerprint density at radius 3 is 1.02 bits per heavy atom. The fourth-order valence-electron chi connectivity index (χ4n) is 9.06. The molecule has 4 N–H and O–H groups in total. The number of carbonyl (C=O) groups excluding carboxylic acids is 1. The number of nitrogens with one attached hydrogen (secondary N) is 1. The highest BCUT2D eigenvalue weighted by Gasteiger charge is 2.22. The van der Waals surface area contributed by atoms with Crippen LogP contribution in [0.4, 0.5) is 0 Å². The van der Waals surface area contributed by atoms with Crippen molar-refractivity contribution >= 4 is 5.91 Å². The molecule has 0 aromatic carbocycles. The highest BCUT2D eigenvalue weighted by atomic mass is 16.3. The van der Waals surface area contributed by atoms with Gasteiger partial charge in [-0.2, -0.15) is 0 Å².